The number of ether oxygens (including phenoxy) is 2. The Bertz CT molecular complexity index is 2530. The monoisotopic (exact) mass is 758 g/mol. The molecule has 8 rings (SSSR count). The van der Waals surface area contributed by atoms with Gasteiger partial charge in [-0.2, -0.15) is 0 Å². The highest BCUT2D eigenvalue weighted by molar-refractivity contribution is 6.99. The molecule has 1 aliphatic heterocycles. The molecule has 8 nitrogen and oxygen atoms in total. The molecule has 5 aromatic carbocycles. The van der Waals surface area contributed by atoms with Crippen molar-refractivity contribution < 1.29 is 27.9 Å². The smallest absolute Gasteiger partial charge is 0.418 e. The summed E-state index contributed by atoms with van der Waals surface area (Å²) in [5.74, 6) is 0.843. The van der Waals surface area contributed by atoms with Gasteiger partial charge in [-0.25, -0.2) is 14.6 Å². The molecule has 1 unspecified atom stereocenters. The quantitative estimate of drug-likeness (QED) is 0.0594. The molecule has 0 aliphatic carbocycles. The van der Waals surface area contributed by atoms with E-state index in [2.05, 4.69) is 75.9 Å². The number of hydrogen-bond donors (Lipinski definition) is 0. The summed E-state index contributed by atoms with van der Waals surface area (Å²) in [7, 11) is -2.89. The van der Waals surface area contributed by atoms with Gasteiger partial charge in [0.05, 0.1) is 18.3 Å². The Morgan fingerprint density at radius 3 is 2.09 bits per heavy atom. The van der Waals surface area contributed by atoms with Crippen LogP contribution in [0.1, 0.15) is 44.7 Å². The predicted molar refractivity (Wildman–Crippen MR) is 221 cm³/mol. The van der Waals surface area contributed by atoms with Crippen LogP contribution in [0.4, 0.5) is 4.79 Å². The Morgan fingerprint density at radius 2 is 1.46 bits per heavy atom. The fraction of sp³-hybridized carbons (Fsp3) is 0.170. The minimum absolute atomic E-state index is 0.127. The topological polar surface area (TPSA) is 92.8 Å². The van der Waals surface area contributed by atoms with Crippen molar-refractivity contribution in [1.82, 2.24) is 9.55 Å². The summed E-state index contributed by atoms with van der Waals surface area (Å²) in [6, 6.07) is 41.7. The van der Waals surface area contributed by atoms with Crippen molar-refractivity contribution in [3.63, 3.8) is 0 Å². The van der Waals surface area contributed by atoms with Gasteiger partial charge < -0.3 is 18.3 Å². The number of para-hydroxylation sites is 1. The normalized spacial score (nSPS) is 15.4. The van der Waals surface area contributed by atoms with Crippen LogP contribution in [-0.4, -0.2) is 36.5 Å². The minimum atomic E-state index is -2.89. The number of hydrogen-bond acceptors (Lipinski definition) is 7. The van der Waals surface area contributed by atoms with Crippen LogP contribution in [0.25, 0.3) is 33.4 Å². The number of fused-ring (bicyclic) bond motifs is 2. The van der Waals surface area contributed by atoms with Gasteiger partial charge in [0.2, 0.25) is 5.89 Å². The van der Waals surface area contributed by atoms with Crippen molar-refractivity contribution in [3.8, 4) is 28.2 Å². The van der Waals surface area contributed by atoms with Crippen molar-refractivity contribution in [1.29, 1.82) is 0 Å². The lowest BCUT2D eigenvalue weighted by molar-refractivity contribution is -0.135. The molecule has 0 spiro atoms. The standard InChI is InChI=1S/C47H42N2O6Si/c1-6-47(32-19-11-8-12-20-32)38-27-17-26-36(43(38)55-44(47)50)35-25-18-28-39-42(35)37(30-49(39)45(51)52-7-2)40-29-48-41(54-40)31-53-56(46(3,4)5,33-21-13-9-14-22-33)34-23-15-10-16-24-34/h6,8-30H,1,7,31H2,2-5H3. The molecule has 0 saturated carbocycles. The summed E-state index contributed by atoms with van der Waals surface area (Å²) in [5.41, 5.74) is 2.89. The van der Waals surface area contributed by atoms with Gasteiger partial charge in [-0.15, -0.1) is 6.58 Å². The summed E-state index contributed by atoms with van der Waals surface area (Å²) >= 11 is 0. The zero-order valence-corrected chi connectivity index (χ0v) is 32.8. The highest BCUT2D eigenvalue weighted by Crippen LogP contribution is 2.51. The second-order valence-corrected chi connectivity index (χ2v) is 19.1. The van der Waals surface area contributed by atoms with Gasteiger partial charge in [0.25, 0.3) is 8.32 Å². The molecule has 0 N–H and O–H groups in total. The van der Waals surface area contributed by atoms with Gasteiger partial charge in [0.15, 0.2) is 5.76 Å². The summed E-state index contributed by atoms with van der Waals surface area (Å²) in [4.78, 5) is 32.0. The number of esters is 1. The summed E-state index contributed by atoms with van der Waals surface area (Å²) < 4.78 is 26.8. The Hall–Kier alpha value is -6.29. The van der Waals surface area contributed by atoms with Gasteiger partial charge in [-0.1, -0.05) is 148 Å². The first-order valence-electron chi connectivity index (χ1n) is 18.7. The predicted octanol–water partition coefficient (Wildman–Crippen LogP) is 9.44. The summed E-state index contributed by atoms with van der Waals surface area (Å²) in [6.45, 7) is 12.9. The molecule has 56 heavy (non-hydrogen) atoms. The van der Waals surface area contributed by atoms with Gasteiger partial charge in [-0.3, -0.25) is 4.57 Å². The third-order valence-electron chi connectivity index (χ3n) is 10.7. The third-order valence-corrected chi connectivity index (χ3v) is 15.7. The zero-order valence-electron chi connectivity index (χ0n) is 31.8. The van der Waals surface area contributed by atoms with Crippen molar-refractivity contribution in [2.75, 3.05) is 6.61 Å². The number of nitrogens with zero attached hydrogens (tertiary/aromatic N) is 2. The molecular weight excluding hydrogens is 717 g/mol. The number of carbonyl (C=O) groups excluding carboxylic acids is 2. The fourth-order valence-corrected chi connectivity index (χ4v) is 12.7. The van der Waals surface area contributed by atoms with E-state index in [0.29, 0.717) is 45.0 Å². The first-order valence-corrected chi connectivity index (χ1v) is 20.6. The molecule has 280 valence electrons. The first-order chi connectivity index (χ1) is 27.1. The summed E-state index contributed by atoms with van der Waals surface area (Å²) in [5, 5.41) is 2.76. The number of aromatic nitrogens is 2. The average Bonchev–Trinajstić information content (AvgIpc) is 3.93. The van der Waals surface area contributed by atoms with Crippen molar-refractivity contribution in [2.24, 2.45) is 0 Å². The Balaban J connectivity index is 1.25. The van der Waals surface area contributed by atoms with Crippen LogP contribution in [-0.2, 0) is 26.0 Å². The van der Waals surface area contributed by atoms with Crippen LogP contribution in [0, 0.1) is 0 Å². The molecule has 7 aromatic rings. The van der Waals surface area contributed by atoms with Gasteiger partial charge >= 0.3 is 12.1 Å². The molecule has 0 saturated heterocycles. The van der Waals surface area contributed by atoms with Crippen molar-refractivity contribution >= 4 is 41.7 Å². The van der Waals surface area contributed by atoms with Crippen molar-refractivity contribution in [2.45, 2.75) is 44.8 Å². The highest BCUT2D eigenvalue weighted by Gasteiger charge is 2.51. The molecule has 9 heteroatoms. The molecule has 0 fully saturated rings. The second kappa shape index (κ2) is 14.4. The van der Waals surface area contributed by atoms with Gasteiger partial charge in [0.1, 0.15) is 17.8 Å². The average molecular weight is 759 g/mol. The van der Waals surface area contributed by atoms with E-state index < -0.39 is 25.8 Å². The Morgan fingerprint density at radius 1 is 0.839 bits per heavy atom. The number of rotatable bonds is 10. The van der Waals surface area contributed by atoms with E-state index in [-0.39, 0.29) is 18.3 Å². The number of carbonyl (C=O) groups is 2. The van der Waals surface area contributed by atoms with E-state index in [1.54, 1.807) is 25.4 Å². The largest absolute Gasteiger partial charge is 0.449 e. The Kier molecular flexibility index (Phi) is 9.44. The zero-order chi connectivity index (χ0) is 39.1. The number of benzene rings is 5. The first kappa shape index (κ1) is 36.7. The number of oxazole rings is 1. The van der Waals surface area contributed by atoms with E-state index in [1.165, 1.54) is 4.57 Å². The van der Waals surface area contributed by atoms with E-state index in [1.807, 2.05) is 78.9 Å². The van der Waals surface area contributed by atoms with E-state index in [4.69, 9.17) is 23.3 Å². The van der Waals surface area contributed by atoms with E-state index in [0.717, 1.165) is 21.5 Å². The molecule has 0 radical (unpaired) electrons. The fourth-order valence-electron chi connectivity index (χ4n) is 8.21. The molecule has 3 heterocycles. The lowest BCUT2D eigenvalue weighted by Crippen LogP contribution is -2.66. The van der Waals surface area contributed by atoms with E-state index in [9.17, 15) is 9.59 Å². The summed E-state index contributed by atoms with van der Waals surface area (Å²) in [6.07, 6.45) is 4.50. The van der Waals surface area contributed by atoms with Crippen LogP contribution < -0.4 is 15.1 Å². The SMILES string of the molecule is C=CC1(c2ccccc2)C(=O)Oc2c(-c3cccc4c3c(-c3cnc(CO[Si](c5ccccc5)(c5ccccc5)C(C)(C)C)o3)cn4C(=O)OCC)cccc21. The van der Waals surface area contributed by atoms with Crippen LogP contribution >= 0.6 is 0 Å². The maximum atomic E-state index is 13.9. The Labute approximate surface area is 327 Å². The minimum Gasteiger partial charge on any atom is -0.449 e. The lowest BCUT2D eigenvalue weighted by atomic mass is 9.75. The third kappa shape index (κ3) is 5.82. The maximum absolute atomic E-state index is 13.9. The van der Waals surface area contributed by atoms with Crippen LogP contribution in [0.5, 0.6) is 5.75 Å². The highest BCUT2D eigenvalue weighted by atomic mass is 28.4. The molecule has 0 amide bonds. The van der Waals surface area contributed by atoms with Gasteiger partial charge in [-0.05, 0) is 39.5 Å². The second-order valence-electron chi connectivity index (χ2n) is 14.8. The molecule has 0 bridgehead atoms. The lowest BCUT2D eigenvalue weighted by Gasteiger charge is -2.42. The van der Waals surface area contributed by atoms with Crippen LogP contribution in [0.2, 0.25) is 5.04 Å². The van der Waals surface area contributed by atoms with Crippen molar-refractivity contribution in [3.05, 3.63) is 169 Å². The molecule has 1 atom stereocenters. The molecule has 1 aliphatic rings. The molecular formula is C47H42N2O6Si. The van der Waals surface area contributed by atoms with Crippen LogP contribution in [0.3, 0.4) is 0 Å². The van der Waals surface area contributed by atoms with Crippen LogP contribution in [0.15, 0.2) is 157 Å². The van der Waals surface area contributed by atoms with Gasteiger partial charge in [0, 0.05) is 28.3 Å². The molecule has 2 aromatic heterocycles. The van der Waals surface area contributed by atoms with E-state index >= 15 is 0 Å². The maximum Gasteiger partial charge on any atom is 0.418 e.